The second kappa shape index (κ2) is 6.76. The average Bonchev–Trinajstić information content (AvgIpc) is 2.48. The highest BCUT2D eigenvalue weighted by Gasteiger charge is 2.08. The van der Waals surface area contributed by atoms with E-state index in [0.717, 1.165) is 5.56 Å². The smallest absolute Gasteiger partial charge is 0.255 e. The Morgan fingerprint density at radius 1 is 1.14 bits per heavy atom. The molecule has 5 nitrogen and oxygen atoms in total. The van der Waals surface area contributed by atoms with E-state index in [1.165, 1.54) is 0 Å². The zero-order valence-electron chi connectivity index (χ0n) is 11.2. The highest BCUT2D eigenvalue weighted by molar-refractivity contribution is 6.33. The van der Waals surface area contributed by atoms with E-state index in [4.69, 9.17) is 22.7 Å². The molecule has 21 heavy (non-hydrogen) atoms. The second-order valence-electron chi connectivity index (χ2n) is 4.40. The molecule has 0 aliphatic heterocycles. The topological polar surface area (TPSA) is 91.0 Å². The zero-order chi connectivity index (χ0) is 15.2. The molecule has 6 heteroatoms. The third-order valence-electron chi connectivity index (χ3n) is 2.82. The number of guanidine groups is 1. The summed E-state index contributed by atoms with van der Waals surface area (Å²) >= 11 is 6.00. The number of anilines is 1. The van der Waals surface area contributed by atoms with Crippen molar-refractivity contribution < 1.29 is 4.79 Å². The van der Waals surface area contributed by atoms with E-state index in [-0.39, 0.29) is 11.9 Å². The van der Waals surface area contributed by atoms with Gasteiger partial charge in [-0.2, -0.15) is 0 Å². The standard InChI is InChI=1S/C15H15ClN4O/c16-12-3-1-2-4-13(12)20-14(21)11-7-5-10(6-8-11)9-19-15(17)18/h1-8H,9H2,(H,20,21)(H4,17,18,19). The fourth-order valence-corrected chi connectivity index (χ4v) is 1.91. The first-order valence-electron chi connectivity index (χ1n) is 6.29. The van der Waals surface area contributed by atoms with Crippen molar-refractivity contribution in [3.05, 3.63) is 64.7 Å². The molecule has 0 unspecified atom stereocenters. The molecule has 0 aromatic heterocycles. The summed E-state index contributed by atoms with van der Waals surface area (Å²) in [7, 11) is 0. The monoisotopic (exact) mass is 302 g/mol. The quantitative estimate of drug-likeness (QED) is 0.517. The Morgan fingerprint density at radius 2 is 1.81 bits per heavy atom. The minimum absolute atomic E-state index is 0.0875. The minimum Gasteiger partial charge on any atom is -0.370 e. The van der Waals surface area contributed by atoms with Gasteiger partial charge in [-0.3, -0.25) is 10.2 Å². The lowest BCUT2D eigenvalue weighted by Gasteiger charge is -2.08. The van der Waals surface area contributed by atoms with Gasteiger partial charge in [-0.15, -0.1) is 0 Å². The summed E-state index contributed by atoms with van der Waals surface area (Å²) in [5.41, 5.74) is 7.25. The molecule has 0 spiro atoms. The number of rotatable bonds is 4. The van der Waals surface area contributed by atoms with Crippen molar-refractivity contribution in [2.45, 2.75) is 6.54 Å². The third-order valence-corrected chi connectivity index (χ3v) is 3.15. The van der Waals surface area contributed by atoms with Crippen LogP contribution in [-0.2, 0) is 6.54 Å². The molecule has 5 N–H and O–H groups in total. The molecule has 0 radical (unpaired) electrons. The van der Waals surface area contributed by atoms with Crippen molar-refractivity contribution in [3.8, 4) is 0 Å². The predicted octanol–water partition coefficient (Wildman–Crippen LogP) is 2.58. The first-order chi connectivity index (χ1) is 10.1. The highest BCUT2D eigenvalue weighted by Crippen LogP contribution is 2.21. The Hall–Kier alpha value is -2.53. The number of carbonyl (C=O) groups is 1. The molecule has 0 bridgehead atoms. The average molecular weight is 303 g/mol. The van der Waals surface area contributed by atoms with Gasteiger partial charge in [-0.25, -0.2) is 0 Å². The number of hydrogen-bond donors (Lipinski definition) is 4. The van der Waals surface area contributed by atoms with Gasteiger partial charge in [-0.05, 0) is 29.8 Å². The molecule has 0 heterocycles. The van der Waals surface area contributed by atoms with Gasteiger partial charge in [-0.1, -0.05) is 35.9 Å². The SMILES string of the molecule is N=C(N)NCc1ccc(C(=O)Nc2ccccc2Cl)cc1. The third kappa shape index (κ3) is 4.22. The van der Waals surface area contributed by atoms with E-state index in [0.29, 0.717) is 22.8 Å². The lowest BCUT2D eigenvalue weighted by molar-refractivity contribution is 0.102. The number of nitrogens with two attached hydrogens (primary N) is 1. The maximum atomic E-state index is 12.1. The number of carbonyl (C=O) groups excluding carboxylic acids is 1. The van der Waals surface area contributed by atoms with E-state index < -0.39 is 0 Å². The lowest BCUT2D eigenvalue weighted by atomic mass is 10.1. The minimum atomic E-state index is -0.228. The number of hydrogen-bond acceptors (Lipinski definition) is 2. The largest absolute Gasteiger partial charge is 0.370 e. The van der Waals surface area contributed by atoms with Gasteiger partial charge < -0.3 is 16.4 Å². The van der Waals surface area contributed by atoms with Crippen LogP contribution in [0.2, 0.25) is 5.02 Å². The second-order valence-corrected chi connectivity index (χ2v) is 4.81. The molecule has 0 aliphatic carbocycles. The van der Waals surface area contributed by atoms with Gasteiger partial charge in [0.1, 0.15) is 0 Å². The molecule has 108 valence electrons. The van der Waals surface area contributed by atoms with Crippen LogP contribution in [0.15, 0.2) is 48.5 Å². The van der Waals surface area contributed by atoms with Gasteiger partial charge in [0, 0.05) is 12.1 Å². The van der Waals surface area contributed by atoms with Crippen LogP contribution in [0.25, 0.3) is 0 Å². The fraction of sp³-hybridized carbons (Fsp3) is 0.0667. The first kappa shape index (κ1) is 14.9. The van der Waals surface area contributed by atoms with Crippen LogP contribution in [0, 0.1) is 5.41 Å². The summed E-state index contributed by atoms with van der Waals surface area (Å²) in [6.45, 7) is 0.446. The van der Waals surface area contributed by atoms with E-state index >= 15 is 0 Å². The van der Waals surface area contributed by atoms with Gasteiger partial charge in [0.05, 0.1) is 10.7 Å². The Bertz CT molecular complexity index is 655. The van der Waals surface area contributed by atoms with E-state index in [1.807, 2.05) is 0 Å². The van der Waals surface area contributed by atoms with Crippen LogP contribution in [0.3, 0.4) is 0 Å². The summed E-state index contributed by atoms with van der Waals surface area (Å²) in [6.07, 6.45) is 0. The van der Waals surface area contributed by atoms with Gasteiger partial charge in [0.25, 0.3) is 5.91 Å². The summed E-state index contributed by atoms with van der Waals surface area (Å²) in [5, 5.41) is 13.0. The van der Waals surface area contributed by atoms with Crippen molar-refractivity contribution in [1.29, 1.82) is 5.41 Å². The Kier molecular flexibility index (Phi) is 4.79. The zero-order valence-corrected chi connectivity index (χ0v) is 11.9. The number of halogens is 1. The predicted molar refractivity (Wildman–Crippen MR) is 84.6 cm³/mol. The van der Waals surface area contributed by atoms with Crippen LogP contribution < -0.4 is 16.4 Å². The van der Waals surface area contributed by atoms with Gasteiger partial charge in [0.2, 0.25) is 0 Å². The van der Waals surface area contributed by atoms with Gasteiger partial charge in [0.15, 0.2) is 5.96 Å². The summed E-state index contributed by atoms with van der Waals surface area (Å²) < 4.78 is 0. The molecule has 1 amide bonds. The normalized spacial score (nSPS) is 9.95. The van der Waals surface area contributed by atoms with Gasteiger partial charge >= 0.3 is 0 Å². The van der Waals surface area contributed by atoms with E-state index in [1.54, 1.807) is 48.5 Å². The molecule has 0 fully saturated rings. The molecule has 2 aromatic carbocycles. The Labute approximate surface area is 127 Å². The molecule has 2 aromatic rings. The van der Waals surface area contributed by atoms with Crippen LogP contribution in [-0.4, -0.2) is 11.9 Å². The molecule has 2 rings (SSSR count). The van der Waals surface area contributed by atoms with Crippen LogP contribution in [0.1, 0.15) is 15.9 Å². The van der Waals surface area contributed by atoms with E-state index in [9.17, 15) is 4.79 Å². The summed E-state index contributed by atoms with van der Waals surface area (Å²) in [4.78, 5) is 12.1. The lowest BCUT2D eigenvalue weighted by Crippen LogP contribution is -2.29. The molecular weight excluding hydrogens is 288 g/mol. The Balaban J connectivity index is 2.03. The van der Waals surface area contributed by atoms with Crippen LogP contribution >= 0.6 is 11.6 Å². The number of amides is 1. The molecule has 0 saturated heterocycles. The van der Waals surface area contributed by atoms with Crippen molar-refractivity contribution >= 4 is 29.2 Å². The molecular formula is C15H15ClN4O. The molecule has 0 aliphatic rings. The van der Waals surface area contributed by atoms with Crippen LogP contribution in [0.5, 0.6) is 0 Å². The maximum Gasteiger partial charge on any atom is 0.255 e. The number of benzene rings is 2. The van der Waals surface area contributed by atoms with E-state index in [2.05, 4.69) is 10.6 Å². The molecule has 0 atom stereocenters. The van der Waals surface area contributed by atoms with Crippen molar-refractivity contribution in [2.24, 2.45) is 5.73 Å². The maximum absolute atomic E-state index is 12.1. The molecule has 0 saturated carbocycles. The fourth-order valence-electron chi connectivity index (χ4n) is 1.73. The summed E-state index contributed by atoms with van der Waals surface area (Å²) in [5.74, 6) is -0.315. The van der Waals surface area contributed by atoms with Crippen molar-refractivity contribution in [3.63, 3.8) is 0 Å². The number of para-hydroxylation sites is 1. The van der Waals surface area contributed by atoms with Crippen molar-refractivity contribution in [1.82, 2.24) is 5.32 Å². The number of nitrogens with one attached hydrogen (secondary N) is 3. The van der Waals surface area contributed by atoms with Crippen molar-refractivity contribution in [2.75, 3.05) is 5.32 Å². The first-order valence-corrected chi connectivity index (χ1v) is 6.67. The highest BCUT2D eigenvalue weighted by atomic mass is 35.5. The van der Waals surface area contributed by atoms with Crippen LogP contribution in [0.4, 0.5) is 5.69 Å². The Morgan fingerprint density at radius 3 is 2.43 bits per heavy atom. The summed E-state index contributed by atoms with van der Waals surface area (Å²) in [6, 6.07) is 14.1.